The summed E-state index contributed by atoms with van der Waals surface area (Å²) in [5.41, 5.74) is 0. The zero-order chi connectivity index (χ0) is 15.3. The molecule has 0 aliphatic carbocycles. The van der Waals surface area contributed by atoms with Crippen LogP contribution in [-0.2, 0) is 21.2 Å². The fourth-order valence-corrected chi connectivity index (χ4v) is 3.64. The minimum absolute atomic E-state index is 0.0505. The lowest BCUT2D eigenvalue weighted by atomic mass is 10.3. The van der Waals surface area contributed by atoms with E-state index in [1.807, 2.05) is 0 Å². The molecule has 1 fully saturated rings. The number of hydrogen-bond donors (Lipinski definition) is 3. The molecular formula is C12H17N3O5S. The summed E-state index contributed by atoms with van der Waals surface area (Å²) in [6.07, 6.45) is 1.91. The lowest BCUT2D eigenvalue weighted by molar-refractivity contribution is -0.120. The molecule has 3 N–H and O–H groups in total. The van der Waals surface area contributed by atoms with Crippen molar-refractivity contribution in [1.82, 2.24) is 16.0 Å². The second kappa shape index (κ2) is 6.61. The van der Waals surface area contributed by atoms with E-state index in [-0.39, 0.29) is 36.5 Å². The smallest absolute Gasteiger partial charge is 0.315 e. The molecule has 1 aliphatic rings. The third-order valence-electron chi connectivity index (χ3n) is 3.02. The Labute approximate surface area is 122 Å². The third-order valence-corrected chi connectivity index (χ3v) is 4.78. The molecule has 0 saturated carbocycles. The normalized spacial score (nSPS) is 19.9. The largest absolute Gasteiger partial charge is 0.467 e. The van der Waals surface area contributed by atoms with Crippen molar-refractivity contribution in [2.45, 2.75) is 19.0 Å². The van der Waals surface area contributed by atoms with E-state index in [0.29, 0.717) is 12.2 Å². The van der Waals surface area contributed by atoms with E-state index >= 15 is 0 Å². The zero-order valence-electron chi connectivity index (χ0n) is 11.3. The molecule has 1 atom stereocenters. The first kappa shape index (κ1) is 15.4. The van der Waals surface area contributed by atoms with Crippen molar-refractivity contribution in [1.29, 1.82) is 0 Å². The molecule has 1 saturated heterocycles. The summed E-state index contributed by atoms with van der Waals surface area (Å²) in [6, 6.07) is 2.50. The molecule has 0 unspecified atom stereocenters. The van der Waals surface area contributed by atoms with Gasteiger partial charge in [-0.25, -0.2) is 13.2 Å². The molecule has 1 aromatic rings. The summed E-state index contributed by atoms with van der Waals surface area (Å²) in [4.78, 5) is 23.0. The molecule has 1 aromatic heterocycles. The molecule has 2 rings (SSSR count). The van der Waals surface area contributed by atoms with E-state index in [1.54, 1.807) is 12.1 Å². The molecule has 0 aromatic carbocycles. The summed E-state index contributed by atoms with van der Waals surface area (Å²) in [6.45, 7) is 0.0576. The lowest BCUT2D eigenvalue weighted by Crippen LogP contribution is -2.46. The number of urea groups is 1. The first-order chi connectivity index (χ1) is 9.94. The van der Waals surface area contributed by atoms with Gasteiger partial charge in [-0.15, -0.1) is 0 Å². The van der Waals surface area contributed by atoms with E-state index in [2.05, 4.69) is 16.0 Å². The Morgan fingerprint density at radius 1 is 1.33 bits per heavy atom. The fraction of sp³-hybridized carbons (Fsp3) is 0.500. The Hall–Kier alpha value is -2.03. The van der Waals surface area contributed by atoms with E-state index in [9.17, 15) is 18.0 Å². The van der Waals surface area contributed by atoms with E-state index in [1.165, 1.54) is 6.26 Å². The lowest BCUT2D eigenvalue weighted by Gasteiger charge is -2.11. The molecule has 21 heavy (non-hydrogen) atoms. The topological polar surface area (TPSA) is 118 Å². The number of hydrogen-bond acceptors (Lipinski definition) is 5. The average Bonchev–Trinajstić information content (AvgIpc) is 3.03. The molecular weight excluding hydrogens is 298 g/mol. The van der Waals surface area contributed by atoms with Gasteiger partial charge >= 0.3 is 6.03 Å². The fourth-order valence-electron chi connectivity index (χ4n) is 1.97. The maximum Gasteiger partial charge on any atom is 0.315 e. The number of amides is 3. The molecule has 3 amide bonds. The van der Waals surface area contributed by atoms with Gasteiger partial charge in [0.15, 0.2) is 9.84 Å². The van der Waals surface area contributed by atoms with Crippen LogP contribution < -0.4 is 16.0 Å². The second-order valence-electron chi connectivity index (χ2n) is 4.78. The number of carbonyl (C=O) groups excluding carboxylic acids is 2. The quantitative estimate of drug-likeness (QED) is 0.669. The van der Waals surface area contributed by atoms with Gasteiger partial charge in [0.05, 0.1) is 30.9 Å². The van der Waals surface area contributed by atoms with Gasteiger partial charge < -0.3 is 20.4 Å². The maximum atomic E-state index is 11.5. The van der Waals surface area contributed by atoms with E-state index in [4.69, 9.17) is 4.42 Å². The van der Waals surface area contributed by atoms with Crippen molar-refractivity contribution in [2.24, 2.45) is 0 Å². The van der Waals surface area contributed by atoms with Crippen LogP contribution in [0.15, 0.2) is 22.8 Å². The Morgan fingerprint density at radius 3 is 2.76 bits per heavy atom. The van der Waals surface area contributed by atoms with Crippen LogP contribution >= 0.6 is 0 Å². The summed E-state index contributed by atoms with van der Waals surface area (Å²) < 4.78 is 27.5. The number of sulfone groups is 1. The predicted molar refractivity (Wildman–Crippen MR) is 74.1 cm³/mol. The van der Waals surface area contributed by atoms with E-state index < -0.39 is 15.9 Å². The molecule has 2 heterocycles. The minimum atomic E-state index is -3.04. The molecule has 0 bridgehead atoms. The van der Waals surface area contributed by atoms with Crippen LogP contribution in [0.4, 0.5) is 4.79 Å². The number of rotatable bonds is 5. The Bertz CT molecular complexity index is 596. The highest BCUT2D eigenvalue weighted by Crippen LogP contribution is 2.10. The van der Waals surface area contributed by atoms with Crippen molar-refractivity contribution < 1.29 is 22.4 Å². The van der Waals surface area contributed by atoms with E-state index in [0.717, 1.165) is 0 Å². The minimum Gasteiger partial charge on any atom is -0.467 e. The van der Waals surface area contributed by atoms with Gasteiger partial charge in [0.1, 0.15) is 5.76 Å². The third kappa shape index (κ3) is 5.10. The van der Waals surface area contributed by atoms with Crippen LogP contribution in [-0.4, -0.2) is 44.4 Å². The maximum absolute atomic E-state index is 11.5. The monoisotopic (exact) mass is 315 g/mol. The van der Waals surface area contributed by atoms with Crippen LogP contribution in [0.1, 0.15) is 12.2 Å². The van der Waals surface area contributed by atoms with Crippen molar-refractivity contribution >= 4 is 21.8 Å². The highest BCUT2D eigenvalue weighted by Gasteiger charge is 2.28. The summed E-state index contributed by atoms with van der Waals surface area (Å²) in [5.74, 6) is 0.289. The highest BCUT2D eigenvalue weighted by molar-refractivity contribution is 7.91. The SMILES string of the molecule is O=C(CNC(=O)N[C@H]1CCS(=O)(=O)C1)NCc1ccco1. The Kier molecular flexibility index (Phi) is 4.84. The zero-order valence-corrected chi connectivity index (χ0v) is 12.1. The Morgan fingerprint density at radius 2 is 2.14 bits per heavy atom. The van der Waals surface area contributed by atoms with Crippen molar-refractivity contribution in [3.63, 3.8) is 0 Å². The van der Waals surface area contributed by atoms with Crippen LogP contribution in [0.5, 0.6) is 0 Å². The number of nitrogens with one attached hydrogen (secondary N) is 3. The van der Waals surface area contributed by atoms with Gasteiger partial charge in [-0.2, -0.15) is 0 Å². The molecule has 8 nitrogen and oxygen atoms in total. The molecule has 1 aliphatic heterocycles. The summed E-state index contributed by atoms with van der Waals surface area (Å²) in [7, 11) is -3.04. The van der Waals surface area contributed by atoms with Crippen molar-refractivity contribution in [2.75, 3.05) is 18.1 Å². The van der Waals surface area contributed by atoms with Gasteiger partial charge in [-0.1, -0.05) is 0 Å². The average molecular weight is 315 g/mol. The second-order valence-corrected chi connectivity index (χ2v) is 7.01. The Balaban J connectivity index is 1.63. The van der Waals surface area contributed by atoms with Gasteiger partial charge in [-0.3, -0.25) is 4.79 Å². The van der Waals surface area contributed by atoms with Gasteiger partial charge in [0.25, 0.3) is 0 Å². The number of carbonyl (C=O) groups is 2. The van der Waals surface area contributed by atoms with Crippen LogP contribution in [0.3, 0.4) is 0 Å². The molecule has 0 spiro atoms. The molecule has 9 heteroatoms. The van der Waals surface area contributed by atoms with Crippen molar-refractivity contribution in [3.05, 3.63) is 24.2 Å². The standard InChI is InChI=1S/C12H17N3O5S/c16-11(13-6-10-2-1-4-20-10)7-14-12(17)15-9-3-5-21(18,19)8-9/h1-2,4,9H,3,5-8H2,(H,13,16)(H2,14,15,17)/t9-/m0/s1. The van der Waals surface area contributed by atoms with Crippen LogP contribution in [0.2, 0.25) is 0 Å². The van der Waals surface area contributed by atoms with Gasteiger partial charge in [0.2, 0.25) is 5.91 Å². The number of furan rings is 1. The van der Waals surface area contributed by atoms with Gasteiger partial charge in [-0.05, 0) is 18.6 Å². The predicted octanol–water partition coefficient (Wildman–Crippen LogP) is -0.618. The first-order valence-corrected chi connectivity index (χ1v) is 8.30. The van der Waals surface area contributed by atoms with Crippen molar-refractivity contribution in [3.8, 4) is 0 Å². The first-order valence-electron chi connectivity index (χ1n) is 6.48. The molecule has 0 radical (unpaired) electrons. The molecule has 116 valence electrons. The summed E-state index contributed by atoms with van der Waals surface area (Å²) in [5, 5.41) is 7.49. The van der Waals surface area contributed by atoms with Gasteiger partial charge in [0, 0.05) is 6.04 Å². The summed E-state index contributed by atoms with van der Waals surface area (Å²) >= 11 is 0. The highest BCUT2D eigenvalue weighted by atomic mass is 32.2. The van der Waals surface area contributed by atoms with Crippen LogP contribution in [0.25, 0.3) is 0 Å². The van der Waals surface area contributed by atoms with Crippen LogP contribution in [0, 0.1) is 0 Å².